The average molecular weight is 218 g/mol. The van der Waals surface area contributed by atoms with Gasteiger partial charge in [-0.15, -0.1) is 0 Å². The van der Waals surface area contributed by atoms with Crippen LogP contribution in [0.3, 0.4) is 0 Å². The van der Waals surface area contributed by atoms with E-state index in [1.165, 1.54) is 0 Å². The minimum absolute atomic E-state index is 0.180. The topological polar surface area (TPSA) is 64.3 Å². The van der Waals surface area contributed by atoms with Gasteiger partial charge in [-0.05, 0) is 23.8 Å². The average Bonchev–Trinajstić information content (AvgIpc) is 2.64. The van der Waals surface area contributed by atoms with Crippen molar-refractivity contribution in [1.82, 2.24) is 5.32 Å². The van der Waals surface area contributed by atoms with Crippen molar-refractivity contribution < 1.29 is 9.53 Å². The third kappa shape index (κ3) is 3.48. The van der Waals surface area contributed by atoms with Crippen LogP contribution in [0.5, 0.6) is 0 Å². The van der Waals surface area contributed by atoms with Gasteiger partial charge in [0.15, 0.2) is 0 Å². The Labute approximate surface area is 88.9 Å². The fraction of sp³-hybridized carbons (Fsp3) is 0.889. The zero-order chi connectivity index (χ0) is 10.4. The first-order chi connectivity index (χ1) is 6.75. The largest absolute Gasteiger partial charge is 0.383 e. The molecule has 0 aromatic heterocycles. The normalized spacial score (nSPS) is 23.6. The van der Waals surface area contributed by atoms with E-state index in [0.29, 0.717) is 19.1 Å². The third-order valence-corrected chi connectivity index (χ3v) is 3.60. The number of nitrogens with one attached hydrogen (secondary N) is 1. The smallest absolute Gasteiger partial charge is 0.234 e. The molecule has 1 fully saturated rings. The van der Waals surface area contributed by atoms with Gasteiger partial charge in [-0.3, -0.25) is 4.79 Å². The molecule has 1 aliphatic heterocycles. The maximum Gasteiger partial charge on any atom is 0.234 e. The number of carbonyl (C=O) groups is 1. The van der Waals surface area contributed by atoms with Crippen molar-refractivity contribution >= 4 is 17.7 Å². The lowest BCUT2D eigenvalue weighted by atomic mass is 9.99. The standard InChI is InChI=1S/C9H18N2O2S/c1-13-4-3-11-8(9(10)12)7-2-5-14-6-7/h7-8,11H,2-6H2,1H3,(H2,10,12). The van der Waals surface area contributed by atoms with Crippen LogP contribution >= 0.6 is 11.8 Å². The zero-order valence-corrected chi connectivity index (χ0v) is 9.31. The molecule has 4 nitrogen and oxygen atoms in total. The van der Waals surface area contributed by atoms with Crippen molar-refractivity contribution in [2.24, 2.45) is 11.7 Å². The quantitative estimate of drug-likeness (QED) is 0.608. The van der Waals surface area contributed by atoms with Crippen LogP contribution in [0.4, 0.5) is 0 Å². The monoisotopic (exact) mass is 218 g/mol. The maximum absolute atomic E-state index is 11.2. The highest BCUT2D eigenvalue weighted by Gasteiger charge is 2.28. The molecule has 1 aliphatic rings. The Kier molecular flexibility index (Phi) is 5.29. The summed E-state index contributed by atoms with van der Waals surface area (Å²) in [5, 5.41) is 3.15. The molecule has 0 aromatic carbocycles. The van der Waals surface area contributed by atoms with Crippen molar-refractivity contribution in [2.75, 3.05) is 31.8 Å². The summed E-state index contributed by atoms with van der Waals surface area (Å²) in [6.07, 6.45) is 1.08. The predicted molar refractivity (Wildman–Crippen MR) is 58.3 cm³/mol. The summed E-state index contributed by atoms with van der Waals surface area (Å²) in [6, 6.07) is -0.180. The molecule has 2 unspecified atom stereocenters. The number of thioether (sulfide) groups is 1. The van der Waals surface area contributed by atoms with E-state index in [0.717, 1.165) is 17.9 Å². The van der Waals surface area contributed by atoms with Crippen molar-refractivity contribution in [3.8, 4) is 0 Å². The van der Waals surface area contributed by atoms with E-state index in [1.54, 1.807) is 7.11 Å². The van der Waals surface area contributed by atoms with Crippen LogP contribution in [-0.4, -0.2) is 43.7 Å². The third-order valence-electron chi connectivity index (χ3n) is 2.41. The van der Waals surface area contributed by atoms with Gasteiger partial charge in [-0.25, -0.2) is 0 Å². The fourth-order valence-corrected chi connectivity index (χ4v) is 2.93. The zero-order valence-electron chi connectivity index (χ0n) is 8.49. The van der Waals surface area contributed by atoms with E-state index in [1.807, 2.05) is 11.8 Å². The van der Waals surface area contributed by atoms with Crippen molar-refractivity contribution in [1.29, 1.82) is 0 Å². The number of carbonyl (C=O) groups excluding carboxylic acids is 1. The van der Waals surface area contributed by atoms with Gasteiger partial charge in [0, 0.05) is 13.7 Å². The summed E-state index contributed by atoms with van der Waals surface area (Å²) >= 11 is 1.89. The van der Waals surface area contributed by atoms with Crippen molar-refractivity contribution in [2.45, 2.75) is 12.5 Å². The molecular formula is C9H18N2O2S. The minimum Gasteiger partial charge on any atom is -0.383 e. The summed E-state index contributed by atoms with van der Waals surface area (Å²) in [7, 11) is 1.65. The van der Waals surface area contributed by atoms with Gasteiger partial charge in [0.25, 0.3) is 0 Å². The van der Waals surface area contributed by atoms with Gasteiger partial charge in [0.05, 0.1) is 12.6 Å². The van der Waals surface area contributed by atoms with Crippen LogP contribution in [0.25, 0.3) is 0 Å². The van der Waals surface area contributed by atoms with Gasteiger partial charge in [0.2, 0.25) is 5.91 Å². The van der Waals surface area contributed by atoms with E-state index < -0.39 is 0 Å². The molecule has 3 N–H and O–H groups in total. The Morgan fingerprint density at radius 1 is 1.79 bits per heavy atom. The Morgan fingerprint density at radius 3 is 3.07 bits per heavy atom. The van der Waals surface area contributed by atoms with E-state index in [2.05, 4.69) is 5.32 Å². The lowest BCUT2D eigenvalue weighted by Gasteiger charge is -2.20. The van der Waals surface area contributed by atoms with Crippen molar-refractivity contribution in [3.63, 3.8) is 0 Å². The SMILES string of the molecule is COCCNC(C(N)=O)C1CCSC1. The van der Waals surface area contributed by atoms with Gasteiger partial charge in [0.1, 0.15) is 0 Å². The van der Waals surface area contributed by atoms with E-state index in [-0.39, 0.29) is 11.9 Å². The molecule has 1 heterocycles. The number of hydrogen-bond donors (Lipinski definition) is 2. The highest BCUT2D eigenvalue weighted by atomic mass is 32.2. The summed E-state index contributed by atoms with van der Waals surface area (Å²) < 4.78 is 4.91. The van der Waals surface area contributed by atoms with Gasteiger partial charge < -0.3 is 15.8 Å². The molecule has 1 amide bonds. The molecule has 0 spiro atoms. The number of nitrogens with two attached hydrogens (primary N) is 1. The molecule has 0 radical (unpaired) electrons. The number of amides is 1. The second-order valence-corrected chi connectivity index (χ2v) is 4.60. The molecular weight excluding hydrogens is 200 g/mol. The summed E-state index contributed by atoms with van der Waals surface area (Å²) in [6.45, 7) is 1.30. The highest BCUT2D eigenvalue weighted by molar-refractivity contribution is 7.99. The van der Waals surface area contributed by atoms with Gasteiger partial charge in [-0.1, -0.05) is 0 Å². The van der Waals surface area contributed by atoms with E-state index >= 15 is 0 Å². The summed E-state index contributed by atoms with van der Waals surface area (Å²) in [4.78, 5) is 11.2. The Morgan fingerprint density at radius 2 is 2.57 bits per heavy atom. The molecule has 0 saturated carbocycles. The number of ether oxygens (including phenoxy) is 1. The molecule has 0 bridgehead atoms. The van der Waals surface area contributed by atoms with Crippen molar-refractivity contribution in [3.05, 3.63) is 0 Å². The van der Waals surface area contributed by atoms with Crippen LogP contribution in [0.2, 0.25) is 0 Å². The van der Waals surface area contributed by atoms with Crippen LogP contribution in [0.1, 0.15) is 6.42 Å². The predicted octanol–water partition coefficient (Wildman–Crippen LogP) is -0.171. The first kappa shape index (κ1) is 11.8. The molecule has 0 aliphatic carbocycles. The molecule has 1 rings (SSSR count). The minimum atomic E-state index is -0.242. The second kappa shape index (κ2) is 6.27. The highest BCUT2D eigenvalue weighted by Crippen LogP contribution is 2.26. The molecule has 82 valence electrons. The summed E-state index contributed by atoms with van der Waals surface area (Å²) in [5.74, 6) is 2.33. The van der Waals surface area contributed by atoms with Crippen LogP contribution in [0.15, 0.2) is 0 Å². The Hall–Kier alpha value is -0.260. The Balaban J connectivity index is 2.34. The second-order valence-electron chi connectivity index (χ2n) is 3.45. The fourth-order valence-electron chi connectivity index (χ4n) is 1.63. The lowest BCUT2D eigenvalue weighted by Crippen LogP contribution is -2.47. The molecule has 5 heteroatoms. The first-order valence-corrected chi connectivity index (χ1v) is 6.00. The van der Waals surface area contributed by atoms with E-state index in [9.17, 15) is 4.79 Å². The Bertz CT molecular complexity index is 184. The number of hydrogen-bond acceptors (Lipinski definition) is 4. The van der Waals surface area contributed by atoms with E-state index in [4.69, 9.17) is 10.5 Å². The summed E-state index contributed by atoms with van der Waals surface area (Å²) in [5.41, 5.74) is 5.35. The first-order valence-electron chi connectivity index (χ1n) is 4.85. The van der Waals surface area contributed by atoms with Crippen LogP contribution in [-0.2, 0) is 9.53 Å². The number of primary amides is 1. The van der Waals surface area contributed by atoms with Crippen LogP contribution < -0.4 is 11.1 Å². The molecule has 1 saturated heterocycles. The lowest BCUT2D eigenvalue weighted by molar-refractivity contribution is -0.121. The van der Waals surface area contributed by atoms with Gasteiger partial charge >= 0.3 is 0 Å². The number of methoxy groups -OCH3 is 1. The number of rotatable bonds is 6. The van der Waals surface area contributed by atoms with Crippen LogP contribution in [0, 0.1) is 5.92 Å². The van der Waals surface area contributed by atoms with Gasteiger partial charge in [-0.2, -0.15) is 11.8 Å². The molecule has 14 heavy (non-hydrogen) atoms. The molecule has 0 aromatic rings. The molecule has 2 atom stereocenters. The maximum atomic E-state index is 11.2.